The van der Waals surface area contributed by atoms with Crippen LogP contribution in [0.25, 0.3) is 10.9 Å². The Balaban J connectivity index is 2.02. The lowest BCUT2D eigenvalue weighted by atomic mass is 10.2. The van der Waals surface area contributed by atoms with Gasteiger partial charge in [0.2, 0.25) is 0 Å². The molecule has 1 heterocycles. The zero-order valence-electron chi connectivity index (χ0n) is 9.24. The molecular formula is C12H9Cl3N2O. The second kappa shape index (κ2) is 4.12. The Bertz CT molecular complexity index is 681. The van der Waals surface area contributed by atoms with Crippen LogP contribution in [0, 0.1) is 5.92 Å². The van der Waals surface area contributed by atoms with Gasteiger partial charge < -0.3 is 0 Å². The molecule has 0 amide bonds. The maximum Gasteiger partial charge on any atom is 0.261 e. The lowest BCUT2D eigenvalue weighted by molar-refractivity contribution is 0.597. The molecule has 3 rings (SSSR count). The van der Waals surface area contributed by atoms with Gasteiger partial charge in [0.25, 0.3) is 5.56 Å². The minimum atomic E-state index is -0.686. The predicted molar refractivity (Wildman–Crippen MR) is 73.6 cm³/mol. The molecule has 0 spiro atoms. The normalized spacial score (nSPS) is 21.2. The highest BCUT2D eigenvalue weighted by molar-refractivity contribution is 6.50. The van der Waals surface area contributed by atoms with Crippen molar-refractivity contribution in [2.45, 2.75) is 17.3 Å². The van der Waals surface area contributed by atoms with E-state index in [2.05, 4.69) is 4.98 Å². The topological polar surface area (TPSA) is 34.9 Å². The molecule has 0 saturated heterocycles. The van der Waals surface area contributed by atoms with Crippen LogP contribution >= 0.6 is 34.8 Å². The van der Waals surface area contributed by atoms with Crippen LogP contribution in [-0.4, -0.2) is 13.9 Å². The van der Waals surface area contributed by atoms with Crippen molar-refractivity contribution in [1.82, 2.24) is 9.55 Å². The molecule has 1 saturated carbocycles. The molecular weight excluding hydrogens is 295 g/mol. The number of aromatic nitrogens is 2. The van der Waals surface area contributed by atoms with Gasteiger partial charge in [-0.25, -0.2) is 4.98 Å². The highest BCUT2D eigenvalue weighted by Crippen LogP contribution is 2.53. The summed E-state index contributed by atoms with van der Waals surface area (Å²) in [5.41, 5.74) is 0.509. The fourth-order valence-electron chi connectivity index (χ4n) is 1.97. The highest BCUT2D eigenvalue weighted by atomic mass is 35.5. The smallest absolute Gasteiger partial charge is 0.261 e. The van der Waals surface area contributed by atoms with Crippen LogP contribution in [0.4, 0.5) is 0 Å². The number of alkyl halides is 2. The molecule has 0 aliphatic heterocycles. The van der Waals surface area contributed by atoms with Gasteiger partial charge in [-0.05, 0) is 24.6 Å². The number of rotatable bonds is 2. The minimum Gasteiger partial charge on any atom is -0.298 e. The summed E-state index contributed by atoms with van der Waals surface area (Å²) in [5, 5.41) is 1.12. The molecule has 94 valence electrons. The number of fused-ring (bicyclic) bond motifs is 1. The van der Waals surface area contributed by atoms with Crippen molar-refractivity contribution in [2.24, 2.45) is 5.92 Å². The third kappa shape index (κ3) is 2.11. The number of benzene rings is 1. The number of halogens is 3. The van der Waals surface area contributed by atoms with Crippen molar-refractivity contribution >= 4 is 45.7 Å². The molecule has 0 unspecified atom stereocenters. The van der Waals surface area contributed by atoms with Crippen molar-refractivity contribution < 1.29 is 0 Å². The molecule has 1 atom stereocenters. The van der Waals surface area contributed by atoms with Gasteiger partial charge in [-0.3, -0.25) is 9.36 Å². The predicted octanol–water partition coefficient (Wildman–Crippen LogP) is 3.24. The van der Waals surface area contributed by atoms with Crippen LogP contribution < -0.4 is 5.56 Å². The standard InChI is InChI=1S/C12H9Cl3N2O/c13-8-1-2-9-10(3-8)16-6-17(11(9)18)5-7-4-12(7,14)15/h1-3,6-7H,4-5H2/t7-/m1/s1. The lowest BCUT2D eigenvalue weighted by Crippen LogP contribution is -2.22. The van der Waals surface area contributed by atoms with Gasteiger partial charge in [-0.2, -0.15) is 0 Å². The summed E-state index contributed by atoms with van der Waals surface area (Å²) >= 11 is 17.8. The zero-order valence-corrected chi connectivity index (χ0v) is 11.5. The van der Waals surface area contributed by atoms with E-state index in [1.165, 1.54) is 6.33 Å². The van der Waals surface area contributed by atoms with Gasteiger partial charge in [0.1, 0.15) is 4.33 Å². The number of nitrogens with zero attached hydrogens (tertiary/aromatic N) is 2. The summed E-state index contributed by atoms with van der Waals surface area (Å²) in [6, 6.07) is 5.04. The maximum absolute atomic E-state index is 12.2. The van der Waals surface area contributed by atoms with E-state index in [1.807, 2.05) is 0 Å². The van der Waals surface area contributed by atoms with Gasteiger partial charge in [0, 0.05) is 17.5 Å². The molecule has 6 heteroatoms. The molecule has 1 aliphatic rings. The Labute approximate surface area is 118 Å². The summed E-state index contributed by atoms with van der Waals surface area (Å²) in [4.78, 5) is 16.4. The van der Waals surface area contributed by atoms with Gasteiger partial charge >= 0.3 is 0 Å². The van der Waals surface area contributed by atoms with E-state index in [9.17, 15) is 4.79 Å². The molecule has 18 heavy (non-hydrogen) atoms. The first-order valence-electron chi connectivity index (χ1n) is 5.50. The van der Waals surface area contributed by atoms with Gasteiger partial charge in [-0.1, -0.05) is 11.6 Å². The third-order valence-electron chi connectivity index (χ3n) is 3.16. The molecule has 1 fully saturated rings. The van der Waals surface area contributed by atoms with Gasteiger partial charge in [0.05, 0.1) is 17.2 Å². The van der Waals surface area contributed by atoms with Crippen molar-refractivity contribution in [3.63, 3.8) is 0 Å². The van der Waals surface area contributed by atoms with Crippen LogP contribution in [0.3, 0.4) is 0 Å². The Hall–Kier alpha value is -0.770. The van der Waals surface area contributed by atoms with E-state index in [1.54, 1.807) is 22.8 Å². The van der Waals surface area contributed by atoms with E-state index in [0.717, 1.165) is 0 Å². The van der Waals surface area contributed by atoms with E-state index < -0.39 is 4.33 Å². The van der Waals surface area contributed by atoms with Gasteiger partial charge in [0.15, 0.2) is 0 Å². The average molecular weight is 304 g/mol. The summed E-state index contributed by atoms with van der Waals surface area (Å²) in [5.74, 6) is 0.116. The molecule has 1 aromatic carbocycles. The molecule has 0 bridgehead atoms. The fraction of sp³-hybridized carbons (Fsp3) is 0.333. The van der Waals surface area contributed by atoms with Crippen molar-refractivity contribution in [3.05, 3.63) is 39.9 Å². The van der Waals surface area contributed by atoms with E-state index in [4.69, 9.17) is 34.8 Å². The summed E-state index contributed by atoms with van der Waals surface area (Å²) in [7, 11) is 0. The van der Waals surface area contributed by atoms with E-state index >= 15 is 0 Å². The first-order chi connectivity index (χ1) is 8.47. The molecule has 0 radical (unpaired) electrons. The summed E-state index contributed by atoms with van der Waals surface area (Å²) in [6.45, 7) is 0.497. The molecule has 2 aromatic rings. The average Bonchev–Trinajstić information content (AvgIpc) is 2.90. The Morgan fingerprint density at radius 3 is 2.83 bits per heavy atom. The second-order valence-electron chi connectivity index (χ2n) is 4.53. The van der Waals surface area contributed by atoms with E-state index in [0.29, 0.717) is 28.9 Å². The Kier molecular flexibility index (Phi) is 2.81. The monoisotopic (exact) mass is 302 g/mol. The third-order valence-corrected chi connectivity index (χ3v) is 4.32. The van der Waals surface area contributed by atoms with E-state index in [-0.39, 0.29) is 11.5 Å². The van der Waals surface area contributed by atoms with Crippen LogP contribution in [0.15, 0.2) is 29.3 Å². The first-order valence-corrected chi connectivity index (χ1v) is 6.63. The lowest BCUT2D eigenvalue weighted by Gasteiger charge is -2.06. The minimum absolute atomic E-state index is 0.0901. The zero-order chi connectivity index (χ0) is 12.9. The fourth-order valence-corrected chi connectivity index (χ4v) is 2.64. The van der Waals surface area contributed by atoms with Crippen molar-refractivity contribution in [1.29, 1.82) is 0 Å². The van der Waals surface area contributed by atoms with Crippen molar-refractivity contribution in [2.75, 3.05) is 0 Å². The number of hydrogen-bond acceptors (Lipinski definition) is 2. The molecule has 3 nitrogen and oxygen atoms in total. The van der Waals surface area contributed by atoms with Crippen LogP contribution in [0.1, 0.15) is 6.42 Å². The molecule has 0 N–H and O–H groups in total. The van der Waals surface area contributed by atoms with Gasteiger partial charge in [-0.15, -0.1) is 23.2 Å². The second-order valence-corrected chi connectivity index (χ2v) is 6.50. The van der Waals surface area contributed by atoms with Crippen LogP contribution in [0.2, 0.25) is 5.02 Å². The van der Waals surface area contributed by atoms with Crippen LogP contribution in [0.5, 0.6) is 0 Å². The maximum atomic E-state index is 12.2. The van der Waals surface area contributed by atoms with Crippen LogP contribution in [-0.2, 0) is 6.54 Å². The summed E-state index contributed by atoms with van der Waals surface area (Å²) < 4.78 is 0.863. The quantitative estimate of drug-likeness (QED) is 0.798. The van der Waals surface area contributed by atoms with Crippen molar-refractivity contribution in [3.8, 4) is 0 Å². The molecule has 1 aromatic heterocycles. The Morgan fingerprint density at radius 2 is 2.17 bits per heavy atom. The largest absolute Gasteiger partial charge is 0.298 e. The summed E-state index contributed by atoms with van der Waals surface area (Å²) in [6.07, 6.45) is 2.23. The number of hydrogen-bond donors (Lipinski definition) is 0. The highest BCUT2D eigenvalue weighted by Gasteiger charge is 2.51. The SMILES string of the molecule is O=c1c2ccc(Cl)cc2ncn1C[C@H]1CC1(Cl)Cl. The molecule has 1 aliphatic carbocycles. The first kappa shape index (κ1) is 12.3. The Morgan fingerprint density at radius 1 is 1.44 bits per heavy atom.